The van der Waals surface area contributed by atoms with E-state index in [1.807, 2.05) is 12.1 Å². The summed E-state index contributed by atoms with van der Waals surface area (Å²) in [6.07, 6.45) is 0. The third-order valence-electron chi connectivity index (χ3n) is 1.77. The molecule has 0 amide bonds. The molecule has 1 aromatic carbocycles. The van der Waals surface area contributed by atoms with E-state index >= 15 is 0 Å². The Kier molecular flexibility index (Phi) is 2.86. The maximum atomic E-state index is 3.79. The molecule has 0 unspecified atom stereocenters. The Hall–Kier alpha value is -1.31. The van der Waals surface area contributed by atoms with Crippen LogP contribution in [0.3, 0.4) is 0 Å². The average molecular weight is 162 g/mol. The highest BCUT2D eigenvalue weighted by molar-refractivity contribution is 5.23. The average Bonchev–Trinajstić information content (AvgIpc) is 2.09. The summed E-state index contributed by atoms with van der Waals surface area (Å²) in [5.41, 5.74) is 2.54. The first kappa shape index (κ1) is 8.78. The van der Waals surface area contributed by atoms with Crippen molar-refractivity contribution in [3.8, 4) is 0 Å². The zero-order valence-electron chi connectivity index (χ0n) is 7.62. The SMILES string of the molecule is C=NN(C)Cc1ccc(C)cc1. The maximum Gasteiger partial charge on any atom is 0.0607 e. The minimum absolute atomic E-state index is 0.823. The smallest absolute Gasteiger partial charge is 0.0607 e. The van der Waals surface area contributed by atoms with Crippen LogP contribution in [0.25, 0.3) is 0 Å². The lowest BCUT2D eigenvalue weighted by atomic mass is 10.1. The lowest BCUT2D eigenvalue weighted by Crippen LogP contribution is -2.09. The molecule has 0 aliphatic rings. The van der Waals surface area contributed by atoms with Crippen LogP contribution in [-0.4, -0.2) is 18.8 Å². The van der Waals surface area contributed by atoms with Gasteiger partial charge in [-0.3, -0.25) is 5.01 Å². The van der Waals surface area contributed by atoms with Gasteiger partial charge in [-0.2, -0.15) is 5.10 Å². The van der Waals surface area contributed by atoms with Crippen LogP contribution in [0, 0.1) is 6.92 Å². The molecular weight excluding hydrogens is 148 g/mol. The highest BCUT2D eigenvalue weighted by Gasteiger charge is 1.94. The Morgan fingerprint density at radius 3 is 2.42 bits per heavy atom. The standard InChI is InChI=1S/C10H14N2/c1-9-4-6-10(7-5-9)8-12(3)11-2/h4-7H,2,8H2,1,3H3. The molecule has 0 aliphatic carbocycles. The van der Waals surface area contributed by atoms with Gasteiger partial charge >= 0.3 is 0 Å². The van der Waals surface area contributed by atoms with Gasteiger partial charge in [-0.25, -0.2) is 0 Å². The molecule has 1 aromatic rings. The normalized spacial score (nSPS) is 9.50. The van der Waals surface area contributed by atoms with Gasteiger partial charge in [0.05, 0.1) is 6.54 Å². The first-order valence-corrected chi connectivity index (χ1v) is 3.95. The highest BCUT2D eigenvalue weighted by Crippen LogP contribution is 2.05. The fraction of sp³-hybridized carbons (Fsp3) is 0.300. The molecule has 0 radical (unpaired) electrons. The predicted octanol–water partition coefficient (Wildman–Crippen LogP) is 2.04. The fourth-order valence-corrected chi connectivity index (χ4v) is 1.01. The third kappa shape index (κ3) is 2.38. The van der Waals surface area contributed by atoms with Gasteiger partial charge in [0.25, 0.3) is 0 Å². The van der Waals surface area contributed by atoms with Crippen LogP contribution in [0.2, 0.25) is 0 Å². The van der Waals surface area contributed by atoms with Crippen molar-refractivity contribution in [1.29, 1.82) is 0 Å². The van der Waals surface area contributed by atoms with Crippen LogP contribution in [0.5, 0.6) is 0 Å². The molecule has 0 aliphatic heterocycles. The molecule has 2 heteroatoms. The number of benzene rings is 1. The summed E-state index contributed by atoms with van der Waals surface area (Å²) >= 11 is 0. The van der Waals surface area contributed by atoms with Crippen molar-refractivity contribution in [3.63, 3.8) is 0 Å². The van der Waals surface area contributed by atoms with Gasteiger partial charge in [0.2, 0.25) is 0 Å². The number of hydrogen-bond acceptors (Lipinski definition) is 2. The second kappa shape index (κ2) is 3.90. The summed E-state index contributed by atoms with van der Waals surface area (Å²) in [5.74, 6) is 0. The van der Waals surface area contributed by atoms with E-state index in [9.17, 15) is 0 Å². The Morgan fingerprint density at radius 1 is 1.33 bits per heavy atom. The fourth-order valence-electron chi connectivity index (χ4n) is 1.01. The van der Waals surface area contributed by atoms with Crippen LogP contribution in [0.15, 0.2) is 29.4 Å². The van der Waals surface area contributed by atoms with E-state index in [-0.39, 0.29) is 0 Å². The molecule has 12 heavy (non-hydrogen) atoms. The monoisotopic (exact) mass is 162 g/mol. The maximum absolute atomic E-state index is 3.79. The molecule has 64 valence electrons. The summed E-state index contributed by atoms with van der Waals surface area (Å²) in [5, 5.41) is 5.60. The van der Waals surface area contributed by atoms with Crippen molar-refractivity contribution < 1.29 is 0 Å². The van der Waals surface area contributed by atoms with Crippen LogP contribution in [0.4, 0.5) is 0 Å². The van der Waals surface area contributed by atoms with Gasteiger partial charge in [0.1, 0.15) is 0 Å². The highest BCUT2D eigenvalue weighted by atomic mass is 15.4. The Bertz CT molecular complexity index is 251. The lowest BCUT2D eigenvalue weighted by molar-refractivity contribution is 0.350. The van der Waals surface area contributed by atoms with E-state index in [1.165, 1.54) is 11.1 Å². The van der Waals surface area contributed by atoms with Crippen molar-refractivity contribution >= 4 is 6.72 Å². The van der Waals surface area contributed by atoms with Gasteiger partial charge in [-0.05, 0) is 12.5 Å². The van der Waals surface area contributed by atoms with E-state index in [1.54, 1.807) is 0 Å². The zero-order chi connectivity index (χ0) is 8.97. The topological polar surface area (TPSA) is 15.6 Å². The van der Waals surface area contributed by atoms with Crippen LogP contribution in [0.1, 0.15) is 11.1 Å². The summed E-state index contributed by atoms with van der Waals surface area (Å²) in [4.78, 5) is 0. The molecular formula is C10H14N2. The van der Waals surface area contributed by atoms with E-state index in [0.29, 0.717) is 0 Å². The van der Waals surface area contributed by atoms with Gasteiger partial charge < -0.3 is 0 Å². The van der Waals surface area contributed by atoms with E-state index in [4.69, 9.17) is 0 Å². The largest absolute Gasteiger partial charge is 0.296 e. The number of nitrogens with zero attached hydrogens (tertiary/aromatic N) is 2. The summed E-state index contributed by atoms with van der Waals surface area (Å²) in [6, 6.07) is 8.42. The number of rotatable bonds is 3. The first-order chi connectivity index (χ1) is 5.72. The van der Waals surface area contributed by atoms with Crippen molar-refractivity contribution in [2.24, 2.45) is 5.10 Å². The molecule has 2 nitrogen and oxygen atoms in total. The molecule has 0 fully saturated rings. The van der Waals surface area contributed by atoms with Gasteiger partial charge in [0.15, 0.2) is 0 Å². The summed E-state index contributed by atoms with van der Waals surface area (Å²) in [7, 11) is 1.91. The Morgan fingerprint density at radius 2 is 1.92 bits per heavy atom. The van der Waals surface area contributed by atoms with Crippen molar-refractivity contribution in [1.82, 2.24) is 5.01 Å². The Balaban J connectivity index is 2.64. The van der Waals surface area contributed by atoms with E-state index in [2.05, 4.69) is 43.0 Å². The van der Waals surface area contributed by atoms with E-state index in [0.717, 1.165) is 6.54 Å². The number of hydrogen-bond donors (Lipinski definition) is 0. The van der Waals surface area contributed by atoms with Crippen molar-refractivity contribution in [2.75, 3.05) is 7.05 Å². The van der Waals surface area contributed by atoms with Gasteiger partial charge in [-0.15, -0.1) is 0 Å². The minimum Gasteiger partial charge on any atom is -0.296 e. The Labute approximate surface area is 73.5 Å². The third-order valence-corrected chi connectivity index (χ3v) is 1.77. The quantitative estimate of drug-likeness (QED) is 0.490. The van der Waals surface area contributed by atoms with Gasteiger partial charge in [-0.1, -0.05) is 29.8 Å². The second-order valence-corrected chi connectivity index (χ2v) is 2.94. The molecule has 0 bridgehead atoms. The van der Waals surface area contributed by atoms with E-state index < -0.39 is 0 Å². The molecule has 1 rings (SSSR count). The molecule has 0 atom stereocenters. The second-order valence-electron chi connectivity index (χ2n) is 2.94. The summed E-state index contributed by atoms with van der Waals surface area (Å²) < 4.78 is 0. The van der Waals surface area contributed by atoms with Crippen molar-refractivity contribution in [3.05, 3.63) is 35.4 Å². The molecule has 0 saturated carbocycles. The number of aryl methyl sites for hydroxylation is 1. The molecule has 0 aromatic heterocycles. The van der Waals surface area contributed by atoms with Crippen LogP contribution >= 0.6 is 0 Å². The molecule has 0 heterocycles. The molecule has 0 spiro atoms. The van der Waals surface area contributed by atoms with Crippen molar-refractivity contribution in [2.45, 2.75) is 13.5 Å². The predicted molar refractivity (Wildman–Crippen MR) is 52.2 cm³/mol. The van der Waals surface area contributed by atoms with Gasteiger partial charge in [0, 0.05) is 13.8 Å². The zero-order valence-corrected chi connectivity index (χ0v) is 7.62. The summed E-state index contributed by atoms with van der Waals surface area (Å²) in [6.45, 7) is 6.36. The lowest BCUT2D eigenvalue weighted by Gasteiger charge is -2.11. The number of hydrazone groups is 1. The van der Waals surface area contributed by atoms with Crippen LogP contribution in [-0.2, 0) is 6.54 Å². The first-order valence-electron chi connectivity index (χ1n) is 3.95. The molecule has 0 saturated heterocycles. The molecule has 0 N–H and O–H groups in total. The van der Waals surface area contributed by atoms with Crippen LogP contribution < -0.4 is 0 Å². The minimum atomic E-state index is 0.823.